The molecule has 1 aromatic rings. The van der Waals surface area contributed by atoms with Crippen LogP contribution >= 0.6 is 0 Å². The van der Waals surface area contributed by atoms with Crippen molar-refractivity contribution in [3.8, 4) is 0 Å². The summed E-state index contributed by atoms with van der Waals surface area (Å²) < 4.78 is 39.7. The third-order valence-corrected chi connectivity index (χ3v) is 2.03. The van der Waals surface area contributed by atoms with Crippen molar-refractivity contribution in [3.05, 3.63) is 17.8 Å². The maximum atomic E-state index is 11.8. The van der Waals surface area contributed by atoms with Crippen molar-refractivity contribution in [2.24, 2.45) is 0 Å². The number of aromatic nitrogens is 1. The van der Waals surface area contributed by atoms with Crippen LogP contribution in [0.25, 0.3) is 0 Å². The maximum Gasteiger partial charge on any atom is 0.411 e. The molecule has 0 aliphatic heterocycles. The number of alkyl halides is 3. The molecular formula is C10H12F3N3O3. The number of anilines is 2. The Hall–Kier alpha value is -2.03. The van der Waals surface area contributed by atoms with Crippen LogP contribution < -0.4 is 11.1 Å². The fraction of sp³-hybridized carbons (Fsp3) is 0.400. The van der Waals surface area contributed by atoms with Gasteiger partial charge in [0.2, 0.25) is 0 Å². The van der Waals surface area contributed by atoms with E-state index >= 15 is 0 Å². The molecule has 0 saturated carbocycles. The van der Waals surface area contributed by atoms with E-state index in [4.69, 9.17) is 10.8 Å². The number of ether oxygens (including phenoxy) is 1. The molecular weight excluding hydrogens is 267 g/mol. The van der Waals surface area contributed by atoms with Crippen molar-refractivity contribution in [2.45, 2.75) is 6.18 Å². The first kappa shape index (κ1) is 15.0. The number of aromatic carboxylic acids is 1. The summed E-state index contributed by atoms with van der Waals surface area (Å²) >= 11 is 0. The molecule has 0 amide bonds. The molecule has 0 unspecified atom stereocenters. The first-order valence-corrected chi connectivity index (χ1v) is 5.17. The van der Waals surface area contributed by atoms with E-state index in [9.17, 15) is 18.0 Å². The SMILES string of the molecule is Nc1c(C(=O)O)ccnc1NCCOCC(F)(F)F. The van der Waals surface area contributed by atoms with Crippen molar-refractivity contribution < 1.29 is 27.8 Å². The average Bonchev–Trinajstić information content (AvgIpc) is 2.28. The van der Waals surface area contributed by atoms with Crippen LogP contribution in [0.3, 0.4) is 0 Å². The van der Waals surface area contributed by atoms with Gasteiger partial charge in [-0.15, -0.1) is 0 Å². The van der Waals surface area contributed by atoms with Gasteiger partial charge in [0.15, 0.2) is 0 Å². The highest BCUT2D eigenvalue weighted by Gasteiger charge is 2.27. The van der Waals surface area contributed by atoms with E-state index < -0.39 is 18.8 Å². The van der Waals surface area contributed by atoms with Crippen molar-refractivity contribution in [3.63, 3.8) is 0 Å². The molecule has 0 fully saturated rings. The first-order chi connectivity index (χ1) is 8.81. The van der Waals surface area contributed by atoms with Gasteiger partial charge in [-0.05, 0) is 6.07 Å². The van der Waals surface area contributed by atoms with Crippen LogP contribution in [0, 0.1) is 0 Å². The van der Waals surface area contributed by atoms with Gasteiger partial charge in [-0.2, -0.15) is 13.2 Å². The number of nitrogens with zero attached hydrogens (tertiary/aromatic N) is 1. The molecule has 1 aromatic heterocycles. The lowest BCUT2D eigenvalue weighted by atomic mass is 10.2. The summed E-state index contributed by atoms with van der Waals surface area (Å²) in [7, 11) is 0. The number of carboxylic acid groups (broad SMARTS) is 1. The summed E-state index contributed by atoms with van der Waals surface area (Å²) in [6, 6.07) is 1.23. The van der Waals surface area contributed by atoms with E-state index in [1.54, 1.807) is 0 Å². The van der Waals surface area contributed by atoms with E-state index in [-0.39, 0.29) is 30.2 Å². The van der Waals surface area contributed by atoms with Gasteiger partial charge in [0.1, 0.15) is 12.4 Å². The minimum absolute atomic E-state index is 0.0242. The van der Waals surface area contributed by atoms with Gasteiger partial charge in [-0.1, -0.05) is 0 Å². The van der Waals surface area contributed by atoms with Crippen LogP contribution in [-0.4, -0.2) is 42.0 Å². The van der Waals surface area contributed by atoms with Crippen molar-refractivity contribution in [1.82, 2.24) is 4.98 Å². The smallest absolute Gasteiger partial charge is 0.411 e. The van der Waals surface area contributed by atoms with E-state index in [2.05, 4.69) is 15.0 Å². The quantitative estimate of drug-likeness (QED) is 0.680. The Morgan fingerprint density at radius 2 is 2.21 bits per heavy atom. The van der Waals surface area contributed by atoms with Gasteiger partial charge in [-0.3, -0.25) is 0 Å². The van der Waals surface area contributed by atoms with Crippen LogP contribution in [0.5, 0.6) is 0 Å². The number of pyridine rings is 1. The first-order valence-electron chi connectivity index (χ1n) is 5.17. The topological polar surface area (TPSA) is 97.5 Å². The zero-order valence-corrected chi connectivity index (χ0v) is 9.70. The number of carboxylic acids is 1. The molecule has 0 atom stereocenters. The molecule has 0 aromatic carbocycles. The fourth-order valence-electron chi connectivity index (χ4n) is 1.23. The average molecular weight is 279 g/mol. The summed E-state index contributed by atoms with van der Waals surface area (Å²) in [5.41, 5.74) is 5.33. The van der Waals surface area contributed by atoms with Crippen LogP contribution in [0.2, 0.25) is 0 Å². The summed E-state index contributed by atoms with van der Waals surface area (Å²) in [5, 5.41) is 11.4. The number of nitrogens with one attached hydrogen (secondary N) is 1. The van der Waals surface area contributed by atoms with Gasteiger partial charge in [0.25, 0.3) is 0 Å². The molecule has 19 heavy (non-hydrogen) atoms. The van der Waals surface area contributed by atoms with Gasteiger partial charge in [0.05, 0.1) is 17.9 Å². The Kier molecular flexibility index (Phi) is 4.93. The number of hydrogen-bond donors (Lipinski definition) is 3. The number of rotatable bonds is 6. The number of nitrogens with two attached hydrogens (primary N) is 1. The second-order valence-electron chi connectivity index (χ2n) is 3.52. The molecule has 0 aliphatic rings. The van der Waals surface area contributed by atoms with Gasteiger partial charge in [-0.25, -0.2) is 9.78 Å². The molecule has 0 spiro atoms. The van der Waals surface area contributed by atoms with Crippen LogP contribution in [0.1, 0.15) is 10.4 Å². The Bertz CT molecular complexity index is 451. The highest BCUT2D eigenvalue weighted by atomic mass is 19.4. The normalized spacial score (nSPS) is 11.3. The minimum atomic E-state index is -4.37. The Balaban J connectivity index is 2.46. The molecule has 0 bridgehead atoms. The fourth-order valence-corrected chi connectivity index (χ4v) is 1.23. The molecule has 6 nitrogen and oxygen atoms in total. The van der Waals surface area contributed by atoms with Crippen molar-refractivity contribution >= 4 is 17.5 Å². The maximum absolute atomic E-state index is 11.8. The van der Waals surface area contributed by atoms with E-state index in [1.165, 1.54) is 12.3 Å². The molecule has 106 valence electrons. The molecule has 1 rings (SSSR count). The zero-order chi connectivity index (χ0) is 14.5. The highest BCUT2D eigenvalue weighted by molar-refractivity contribution is 5.96. The van der Waals surface area contributed by atoms with E-state index in [0.29, 0.717) is 0 Å². The predicted octanol–water partition coefficient (Wildman–Crippen LogP) is 1.35. The predicted molar refractivity (Wildman–Crippen MR) is 61.0 cm³/mol. The second kappa shape index (κ2) is 6.23. The zero-order valence-electron chi connectivity index (χ0n) is 9.70. The Morgan fingerprint density at radius 3 is 2.79 bits per heavy atom. The van der Waals surface area contributed by atoms with Crippen LogP contribution in [0.15, 0.2) is 12.3 Å². The lowest BCUT2D eigenvalue weighted by Crippen LogP contribution is -2.20. The number of carbonyl (C=O) groups is 1. The second-order valence-corrected chi connectivity index (χ2v) is 3.52. The number of halogens is 3. The number of nitrogen functional groups attached to an aromatic ring is 1. The summed E-state index contributed by atoms with van der Waals surface area (Å²) in [6.07, 6.45) is -3.14. The van der Waals surface area contributed by atoms with Gasteiger partial charge >= 0.3 is 12.1 Å². The lowest BCUT2D eigenvalue weighted by molar-refractivity contribution is -0.172. The summed E-state index contributed by atoms with van der Waals surface area (Å²) in [6.45, 7) is -1.53. The van der Waals surface area contributed by atoms with Crippen LogP contribution in [0.4, 0.5) is 24.7 Å². The van der Waals surface area contributed by atoms with Crippen molar-refractivity contribution in [1.29, 1.82) is 0 Å². The largest absolute Gasteiger partial charge is 0.478 e. The molecule has 4 N–H and O–H groups in total. The minimum Gasteiger partial charge on any atom is -0.478 e. The summed E-state index contributed by atoms with van der Waals surface area (Å²) in [4.78, 5) is 14.6. The summed E-state index contributed by atoms with van der Waals surface area (Å²) in [5.74, 6) is -1.12. The molecule has 0 radical (unpaired) electrons. The molecule has 9 heteroatoms. The van der Waals surface area contributed by atoms with Gasteiger partial charge in [0, 0.05) is 12.7 Å². The standard InChI is InChI=1S/C10H12F3N3O3/c11-10(12,13)5-19-4-3-16-8-7(14)6(9(17)18)1-2-15-8/h1-2H,3-5,14H2,(H,15,16)(H,17,18). The molecule has 1 heterocycles. The highest BCUT2D eigenvalue weighted by Crippen LogP contribution is 2.19. The number of hydrogen-bond acceptors (Lipinski definition) is 5. The lowest BCUT2D eigenvalue weighted by Gasteiger charge is -2.11. The Morgan fingerprint density at radius 1 is 1.53 bits per heavy atom. The third-order valence-electron chi connectivity index (χ3n) is 2.03. The Labute approximate surface area is 106 Å². The van der Waals surface area contributed by atoms with E-state index in [0.717, 1.165) is 0 Å². The molecule has 0 aliphatic carbocycles. The third kappa shape index (κ3) is 5.00. The van der Waals surface area contributed by atoms with Gasteiger partial charge < -0.3 is 20.9 Å². The molecule has 0 saturated heterocycles. The monoisotopic (exact) mass is 279 g/mol. The van der Waals surface area contributed by atoms with E-state index in [1.807, 2.05) is 0 Å². The van der Waals surface area contributed by atoms with Crippen molar-refractivity contribution in [2.75, 3.05) is 30.8 Å². The van der Waals surface area contributed by atoms with Crippen LogP contribution in [-0.2, 0) is 4.74 Å².